The summed E-state index contributed by atoms with van der Waals surface area (Å²) in [6.45, 7) is 2.04. The van der Waals surface area contributed by atoms with E-state index in [2.05, 4.69) is 5.32 Å². The van der Waals surface area contributed by atoms with E-state index in [1.165, 1.54) is 11.3 Å². The number of hydrogen-bond acceptors (Lipinski definition) is 3. The molecule has 21 heavy (non-hydrogen) atoms. The van der Waals surface area contributed by atoms with Crippen molar-refractivity contribution < 1.29 is 4.42 Å². The number of nitrogens with one attached hydrogen (secondary N) is 1. The van der Waals surface area contributed by atoms with Crippen molar-refractivity contribution in [3.8, 4) is 0 Å². The normalized spacial score (nSPS) is 12.3. The fourth-order valence-corrected chi connectivity index (χ4v) is 3.42. The smallest absolute Gasteiger partial charge is 0.131 e. The van der Waals surface area contributed by atoms with Gasteiger partial charge in [-0.05, 0) is 48.9 Å². The molecule has 1 aromatic carbocycles. The Morgan fingerprint density at radius 3 is 2.67 bits per heavy atom. The van der Waals surface area contributed by atoms with Crippen LogP contribution in [0.2, 0.25) is 9.36 Å². The van der Waals surface area contributed by atoms with Gasteiger partial charge in [-0.25, -0.2) is 0 Å². The fraction of sp³-hybridized carbons (Fsp3) is 0.125. The van der Waals surface area contributed by atoms with Crippen molar-refractivity contribution in [1.29, 1.82) is 0 Å². The molecule has 2 heterocycles. The summed E-state index contributed by atoms with van der Waals surface area (Å²) in [4.78, 5) is 1.09. The lowest BCUT2D eigenvalue weighted by molar-refractivity contribution is 0.500. The van der Waals surface area contributed by atoms with Crippen LogP contribution in [0.1, 0.15) is 22.2 Å². The average Bonchev–Trinajstić information content (AvgIpc) is 3.11. The first-order valence-corrected chi connectivity index (χ1v) is 8.02. The maximum absolute atomic E-state index is 6.09. The molecule has 3 rings (SSSR count). The largest absolute Gasteiger partial charge is 0.467 e. The number of thiophene rings is 1. The molecule has 0 amide bonds. The third-order valence-corrected chi connectivity index (χ3v) is 4.74. The van der Waals surface area contributed by atoms with Gasteiger partial charge in [-0.2, -0.15) is 0 Å². The van der Waals surface area contributed by atoms with Crippen LogP contribution >= 0.6 is 34.5 Å². The Balaban J connectivity index is 1.98. The van der Waals surface area contributed by atoms with Gasteiger partial charge < -0.3 is 9.73 Å². The lowest BCUT2D eigenvalue weighted by Gasteiger charge is -2.18. The first kappa shape index (κ1) is 14.5. The Morgan fingerprint density at radius 2 is 2.00 bits per heavy atom. The summed E-state index contributed by atoms with van der Waals surface area (Å²) in [5, 5.41) is 4.19. The van der Waals surface area contributed by atoms with Crippen LogP contribution in [0.5, 0.6) is 0 Å². The number of furan rings is 1. The zero-order valence-corrected chi connectivity index (χ0v) is 13.6. The second-order valence-electron chi connectivity index (χ2n) is 4.69. The van der Waals surface area contributed by atoms with E-state index in [9.17, 15) is 0 Å². The molecule has 1 atom stereocenters. The maximum atomic E-state index is 6.09. The Bertz CT molecular complexity index is 737. The SMILES string of the molecule is Cc1ccc(Cl)cc1NC(c1ccco1)c1ccc(Cl)s1. The molecule has 0 saturated carbocycles. The minimum atomic E-state index is -0.0883. The van der Waals surface area contributed by atoms with Gasteiger partial charge in [0.2, 0.25) is 0 Å². The molecular formula is C16H13Cl2NOS. The third-order valence-electron chi connectivity index (χ3n) is 3.21. The van der Waals surface area contributed by atoms with Gasteiger partial charge in [0.25, 0.3) is 0 Å². The van der Waals surface area contributed by atoms with E-state index in [0.29, 0.717) is 5.02 Å². The van der Waals surface area contributed by atoms with Gasteiger partial charge in [-0.3, -0.25) is 0 Å². The summed E-state index contributed by atoms with van der Waals surface area (Å²) < 4.78 is 6.33. The summed E-state index contributed by atoms with van der Waals surface area (Å²) in [7, 11) is 0. The predicted molar refractivity (Wildman–Crippen MR) is 89.7 cm³/mol. The number of halogens is 2. The predicted octanol–water partition coefficient (Wildman–Crippen LogP) is 6.16. The molecule has 0 spiro atoms. The van der Waals surface area contributed by atoms with Crippen molar-refractivity contribution in [3.63, 3.8) is 0 Å². The summed E-state index contributed by atoms with van der Waals surface area (Å²) in [5.41, 5.74) is 2.10. The molecule has 2 nitrogen and oxygen atoms in total. The zero-order valence-electron chi connectivity index (χ0n) is 11.3. The first-order chi connectivity index (χ1) is 10.1. The monoisotopic (exact) mass is 337 g/mol. The molecule has 1 N–H and O–H groups in total. The highest BCUT2D eigenvalue weighted by Gasteiger charge is 2.19. The van der Waals surface area contributed by atoms with Crippen LogP contribution in [0.15, 0.2) is 53.1 Å². The van der Waals surface area contributed by atoms with Gasteiger partial charge >= 0.3 is 0 Å². The zero-order chi connectivity index (χ0) is 14.8. The quantitative estimate of drug-likeness (QED) is 0.616. The maximum Gasteiger partial charge on any atom is 0.131 e. The van der Waals surface area contributed by atoms with Crippen LogP contribution < -0.4 is 5.32 Å². The first-order valence-electron chi connectivity index (χ1n) is 6.45. The molecule has 0 aliphatic rings. The molecule has 5 heteroatoms. The molecule has 108 valence electrons. The van der Waals surface area contributed by atoms with Crippen molar-refractivity contribution >= 4 is 40.2 Å². The molecule has 0 aliphatic carbocycles. The van der Waals surface area contributed by atoms with E-state index in [-0.39, 0.29) is 6.04 Å². The molecule has 2 aromatic heterocycles. The summed E-state index contributed by atoms with van der Waals surface area (Å²) >= 11 is 13.7. The molecule has 1 unspecified atom stereocenters. The number of aryl methyl sites for hydroxylation is 1. The van der Waals surface area contributed by atoms with Crippen LogP contribution in [-0.2, 0) is 0 Å². The Labute approximate surface area is 137 Å². The second-order valence-corrected chi connectivity index (χ2v) is 6.88. The van der Waals surface area contributed by atoms with Crippen molar-refractivity contribution in [1.82, 2.24) is 0 Å². The molecule has 0 aliphatic heterocycles. The number of rotatable bonds is 4. The minimum absolute atomic E-state index is 0.0883. The molecule has 3 aromatic rings. The summed E-state index contributed by atoms with van der Waals surface area (Å²) in [6.07, 6.45) is 1.67. The summed E-state index contributed by atoms with van der Waals surface area (Å²) in [6, 6.07) is 13.4. The highest BCUT2D eigenvalue weighted by atomic mass is 35.5. The van der Waals surface area contributed by atoms with Gasteiger partial charge in [-0.15, -0.1) is 11.3 Å². The standard InChI is InChI=1S/C16H13Cl2NOS/c1-10-4-5-11(17)9-12(10)19-16(13-3-2-8-20-13)14-6-7-15(18)21-14/h2-9,16,19H,1H3. The Kier molecular flexibility index (Phi) is 4.24. The van der Waals surface area contributed by atoms with Crippen molar-refractivity contribution in [2.45, 2.75) is 13.0 Å². The van der Waals surface area contributed by atoms with E-state index < -0.39 is 0 Å². The average molecular weight is 338 g/mol. The van der Waals surface area contributed by atoms with E-state index in [0.717, 1.165) is 26.2 Å². The van der Waals surface area contributed by atoms with Crippen LogP contribution in [0, 0.1) is 6.92 Å². The number of benzene rings is 1. The Morgan fingerprint density at radius 1 is 1.14 bits per heavy atom. The van der Waals surface area contributed by atoms with Crippen LogP contribution in [-0.4, -0.2) is 0 Å². The van der Waals surface area contributed by atoms with Gasteiger partial charge in [0, 0.05) is 15.6 Å². The van der Waals surface area contributed by atoms with Crippen LogP contribution in [0.25, 0.3) is 0 Å². The van der Waals surface area contributed by atoms with Crippen molar-refractivity contribution in [2.24, 2.45) is 0 Å². The molecule has 0 fully saturated rings. The topological polar surface area (TPSA) is 25.2 Å². The van der Waals surface area contributed by atoms with Gasteiger partial charge in [-0.1, -0.05) is 29.3 Å². The van der Waals surface area contributed by atoms with Gasteiger partial charge in [0.05, 0.1) is 10.6 Å². The number of hydrogen-bond donors (Lipinski definition) is 1. The highest BCUT2D eigenvalue weighted by molar-refractivity contribution is 7.16. The van der Waals surface area contributed by atoms with Gasteiger partial charge in [0.1, 0.15) is 11.8 Å². The van der Waals surface area contributed by atoms with E-state index in [1.54, 1.807) is 6.26 Å². The minimum Gasteiger partial charge on any atom is -0.467 e. The lowest BCUT2D eigenvalue weighted by atomic mass is 10.1. The molecule has 0 saturated heterocycles. The molecular weight excluding hydrogens is 325 g/mol. The fourth-order valence-electron chi connectivity index (χ4n) is 2.13. The summed E-state index contributed by atoms with van der Waals surface area (Å²) in [5.74, 6) is 0.841. The molecule has 0 radical (unpaired) electrons. The third kappa shape index (κ3) is 3.26. The molecule has 0 bridgehead atoms. The van der Waals surface area contributed by atoms with Crippen molar-refractivity contribution in [3.05, 3.63) is 74.3 Å². The van der Waals surface area contributed by atoms with E-state index >= 15 is 0 Å². The Hall–Kier alpha value is -1.42. The highest BCUT2D eigenvalue weighted by Crippen LogP contribution is 2.35. The van der Waals surface area contributed by atoms with E-state index in [1.807, 2.05) is 49.4 Å². The van der Waals surface area contributed by atoms with Crippen LogP contribution in [0.3, 0.4) is 0 Å². The van der Waals surface area contributed by atoms with E-state index in [4.69, 9.17) is 27.6 Å². The van der Waals surface area contributed by atoms with Crippen molar-refractivity contribution in [2.75, 3.05) is 5.32 Å². The van der Waals surface area contributed by atoms with Gasteiger partial charge in [0.15, 0.2) is 0 Å². The second kappa shape index (κ2) is 6.14. The lowest BCUT2D eigenvalue weighted by Crippen LogP contribution is -2.11. The number of anilines is 1. The van der Waals surface area contributed by atoms with Crippen LogP contribution in [0.4, 0.5) is 5.69 Å².